The molecule has 0 N–H and O–H groups in total. The van der Waals surface area contributed by atoms with E-state index in [4.69, 9.17) is 23.2 Å². The number of anilines is 1. The van der Waals surface area contributed by atoms with Gasteiger partial charge in [-0.1, -0.05) is 58.7 Å². The molecule has 0 aliphatic heterocycles. The quantitative estimate of drug-likeness (QED) is 0.293. The summed E-state index contributed by atoms with van der Waals surface area (Å²) in [7, 11) is 0. The molecular formula is C26H19Cl2N5O. The zero-order valence-electron chi connectivity index (χ0n) is 18.0. The summed E-state index contributed by atoms with van der Waals surface area (Å²) >= 11 is 12.4. The minimum atomic E-state index is -0.138. The number of para-hydroxylation sites is 1. The number of halogens is 2. The zero-order valence-corrected chi connectivity index (χ0v) is 19.5. The Balaban J connectivity index is 1.48. The number of fused-ring (bicyclic) bond motifs is 1. The second kappa shape index (κ2) is 9.63. The average Bonchev–Trinajstić information content (AvgIpc) is 3.25. The number of carbonyl (C=O) groups excluding carboxylic acids is 1. The molecule has 0 saturated carbocycles. The fourth-order valence-corrected chi connectivity index (χ4v) is 4.39. The highest BCUT2D eigenvalue weighted by molar-refractivity contribution is 6.34. The van der Waals surface area contributed by atoms with Gasteiger partial charge in [-0.2, -0.15) is 0 Å². The minimum Gasteiger partial charge on any atom is -0.306 e. The van der Waals surface area contributed by atoms with Crippen LogP contribution in [0.25, 0.3) is 22.2 Å². The molecule has 1 amide bonds. The van der Waals surface area contributed by atoms with Crippen molar-refractivity contribution in [1.29, 1.82) is 0 Å². The molecule has 6 nitrogen and oxygen atoms in total. The summed E-state index contributed by atoms with van der Waals surface area (Å²) in [5.74, 6) is -0.138. The predicted octanol–water partition coefficient (Wildman–Crippen LogP) is 6.03. The third-order valence-corrected chi connectivity index (χ3v) is 5.88. The Kier molecular flexibility index (Phi) is 6.25. The molecule has 0 spiro atoms. The maximum Gasteiger partial charge on any atom is 0.249 e. The van der Waals surface area contributed by atoms with E-state index in [1.54, 1.807) is 21.8 Å². The number of nitrogens with zero attached hydrogens (tertiary/aromatic N) is 5. The van der Waals surface area contributed by atoms with Gasteiger partial charge < -0.3 is 4.90 Å². The summed E-state index contributed by atoms with van der Waals surface area (Å²) < 4.78 is 1.61. The number of hydrogen-bond donors (Lipinski definition) is 0. The smallest absolute Gasteiger partial charge is 0.249 e. The van der Waals surface area contributed by atoms with E-state index in [9.17, 15) is 4.79 Å². The Morgan fingerprint density at radius 3 is 2.38 bits per heavy atom. The van der Waals surface area contributed by atoms with Gasteiger partial charge in [-0.25, -0.2) is 4.68 Å². The van der Waals surface area contributed by atoms with Gasteiger partial charge in [0.05, 0.1) is 12.1 Å². The molecule has 34 heavy (non-hydrogen) atoms. The second-order valence-corrected chi connectivity index (χ2v) is 8.65. The summed E-state index contributed by atoms with van der Waals surface area (Å²) in [6.07, 6.45) is 3.55. The molecule has 168 valence electrons. The van der Waals surface area contributed by atoms with Crippen molar-refractivity contribution in [3.63, 3.8) is 0 Å². The van der Waals surface area contributed by atoms with Crippen molar-refractivity contribution in [3.8, 4) is 11.1 Å². The number of rotatable bonds is 6. The maximum atomic E-state index is 13.5. The first kappa shape index (κ1) is 22.1. The molecule has 2 heterocycles. The number of carbonyl (C=O) groups is 1. The van der Waals surface area contributed by atoms with Crippen LogP contribution in [-0.4, -0.2) is 25.9 Å². The number of aromatic nitrogens is 4. The fourth-order valence-electron chi connectivity index (χ4n) is 3.82. The molecule has 0 bridgehead atoms. The molecule has 0 fully saturated rings. The Morgan fingerprint density at radius 1 is 0.882 bits per heavy atom. The van der Waals surface area contributed by atoms with E-state index < -0.39 is 0 Å². The summed E-state index contributed by atoms with van der Waals surface area (Å²) in [5.41, 5.74) is 5.13. The predicted molar refractivity (Wildman–Crippen MR) is 135 cm³/mol. The lowest BCUT2D eigenvalue weighted by atomic mass is 10.1. The molecule has 0 unspecified atom stereocenters. The van der Waals surface area contributed by atoms with Crippen LogP contribution in [0.5, 0.6) is 0 Å². The topological polar surface area (TPSA) is 63.9 Å². The van der Waals surface area contributed by atoms with E-state index in [2.05, 4.69) is 15.3 Å². The van der Waals surface area contributed by atoms with Crippen LogP contribution in [0.3, 0.4) is 0 Å². The van der Waals surface area contributed by atoms with Crippen LogP contribution in [0, 0.1) is 0 Å². The lowest BCUT2D eigenvalue weighted by molar-refractivity contribution is -0.119. The van der Waals surface area contributed by atoms with Crippen molar-refractivity contribution in [2.24, 2.45) is 0 Å². The van der Waals surface area contributed by atoms with Crippen LogP contribution in [0.1, 0.15) is 5.56 Å². The SMILES string of the molecule is O=C(Cn1nnc2ccccc21)N(Cc1cc(Cl)cc(Cl)c1)c1ccc(-c2cccnc2)cc1. The van der Waals surface area contributed by atoms with Crippen LogP contribution in [0.15, 0.2) is 91.3 Å². The van der Waals surface area contributed by atoms with Gasteiger partial charge in [0.1, 0.15) is 12.1 Å². The molecule has 5 aromatic rings. The van der Waals surface area contributed by atoms with Crippen molar-refractivity contribution < 1.29 is 4.79 Å². The van der Waals surface area contributed by atoms with E-state index >= 15 is 0 Å². The van der Waals surface area contributed by atoms with E-state index in [1.165, 1.54) is 0 Å². The van der Waals surface area contributed by atoms with Crippen LogP contribution in [0.4, 0.5) is 5.69 Å². The van der Waals surface area contributed by atoms with Crippen LogP contribution < -0.4 is 4.90 Å². The standard InChI is InChI=1S/C26H19Cl2N5O/c27-21-12-18(13-22(28)14-21)16-32(23-9-7-19(8-10-23)20-4-3-11-29-15-20)26(34)17-33-25-6-2-1-5-24(25)30-31-33/h1-15H,16-17H2. The fraction of sp³-hybridized carbons (Fsp3) is 0.0769. The van der Waals surface area contributed by atoms with E-state index in [1.807, 2.05) is 79.0 Å². The lowest BCUT2D eigenvalue weighted by Gasteiger charge is -2.24. The van der Waals surface area contributed by atoms with Gasteiger partial charge >= 0.3 is 0 Å². The van der Waals surface area contributed by atoms with Crippen LogP contribution in [-0.2, 0) is 17.9 Å². The van der Waals surface area contributed by atoms with Crippen molar-refractivity contribution in [3.05, 3.63) is 107 Å². The first-order chi connectivity index (χ1) is 16.6. The zero-order chi connectivity index (χ0) is 23.5. The van der Waals surface area contributed by atoms with Gasteiger partial charge in [-0.05, 0) is 65.2 Å². The highest BCUT2D eigenvalue weighted by Crippen LogP contribution is 2.26. The normalized spacial score (nSPS) is 11.0. The molecule has 0 atom stereocenters. The highest BCUT2D eigenvalue weighted by atomic mass is 35.5. The largest absolute Gasteiger partial charge is 0.306 e. The molecule has 5 rings (SSSR count). The Hall–Kier alpha value is -3.74. The monoisotopic (exact) mass is 487 g/mol. The van der Waals surface area contributed by atoms with Gasteiger partial charge in [-0.15, -0.1) is 5.10 Å². The number of benzene rings is 3. The van der Waals surface area contributed by atoms with Crippen molar-refractivity contribution >= 4 is 45.8 Å². The third kappa shape index (κ3) is 4.78. The van der Waals surface area contributed by atoms with E-state index in [-0.39, 0.29) is 12.5 Å². The maximum absolute atomic E-state index is 13.5. The Morgan fingerprint density at radius 2 is 1.65 bits per heavy atom. The van der Waals surface area contributed by atoms with Gasteiger partial charge in [0.2, 0.25) is 5.91 Å². The summed E-state index contributed by atoms with van der Waals surface area (Å²) in [6, 6.07) is 24.5. The van der Waals surface area contributed by atoms with Crippen LogP contribution >= 0.6 is 23.2 Å². The van der Waals surface area contributed by atoms with Crippen molar-refractivity contribution in [2.45, 2.75) is 13.1 Å². The van der Waals surface area contributed by atoms with Crippen molar-refractivity contribution in [2.75, 3.05) is 4.90 Å². The minimum absolute atomic E-state index is 0.0408. The van der Waals surface area contributed by atoms with E-state index in [0.717, 1.165) is 33.4 Å². The molecular weight excluding hydrogens is 469 g/mol. The third-order valence-electron chi connectivity index (χ3n) is 5.44. The van der Waals surface area contributed by atoms with Gasteiger partial charge in [-0.3, -0.25) is 9.78 Å². The first-order valence-corrected chi connectivity index (χ1v) is 11.4. The summed E-state index contributed by atoms with van der Waals surface area (Å²) in [6.45, 7) is 0.344. The molecule has 0 aliphatic rings. The molecule has 0 radical (unpaired) electrons. The van der Waals surface area contributed by atoms with E-state index in [0.29, 0.717) is 16.6 Å². The number of pyridine rings is 1. The summed E-state index contributed by atoms with van der Waals surface area (Å²) in [5, 5.41) is 9.36. The Labute approximate surface area is 206 Å². The number of amides is 1. The number of hydrogen-bond acceptors (Lipinski definition) is 4. The average molecular weight is 488 g/mol. The molecule has 0 aliphatic carbocycles. The highest BCUT2D eigenvalue weighted by Gasteiger charge is 2.19. The first-order valence-electron chi connectivity index (χ1n) is 10.6. The molecule has 3 aromatic carbocycles. The molecule has 2 aromatic heterocycles. The van der Waals surface area contributed by atoms with Gasteiger partial charge in [0, 0.05) is 28.1 Å². The Bertz CT molecular complexity index is 1430. The second-order valence-electron chi connectivity index (χ2n) is 7.78. The lowest BCUT2D eigenvalue weighted by Crippen LogP contribution is -2.33. The molecule has 0 saturated heterocycles. The van der Waals surface area contributed by atoms with Crippen LogP contribution in [0.2, 0.25) is 10.0 Å². The summed E-state index contributed by atoms with van der Waals surface area (Å²) in [4.78, 5) is 19.4. The molecule has 8 heteroatoms. The van der Waals surface area contributed by atoms with Gasteiger partial charge in [0.15, 0.2) is 0 Å². The van der Waals surface area contributed by atoms with Gasteiger partial charge in [0.25, 0.3) is 0 Å². The van der Waals surface area contributed by atoms with Crippen molar-refractivity contribution in [1.82, 2.24) is 20.0 Å².